The third kappa shape index (κ3) is 7.33. The second-order valence-electron chi connectivity index (χ2n) is 9.25. The average Bonchev–Trinajstić information content (AvgIpc) is 2.87. The van der Waals surface area contributed by atoms with Crippen molar-refractivity contribution in [1.29, 1.82) is 0 Å². The molecule has 0 aromatic heterocycles. The van der Waals surface area contributed by atoms with Crippen molar-refractivity contribution >= 4 is 17.8 Å². The Labute approximate surface area is 216 Å². The van der Waals surface area contributed by atoms with Gasteiger partial charge in [0.25, 0.3) is 5.91 Å². The van der Waals surface area contributed by atoms with Crippen molar-refractivity contribution in [1.82, 2.24) is 5.32 Å². The van der Waals surface area contributed by atoms with Crippen LogP contribution in [-0.2, 0) is 17.9 Å². The second-order valence-corrected chi connectivity index (χ2v) is 9.25. The highest BCUT2D eigenvalue weighted by Crippen LogP contribution is 2.38. The highest BCUT2D eigenvalue weighted by atomic mass is 16.6. The minimum atomic E-state index is -1.13. The molecule has 0 radical (unpaired) electrons. The van der Waals surface area contributed by atoms with Crippen LogP contribution in [0.15, 0.2) is 49.1 Å². The molecule has 0 saturated carbocycles. The summed E-state index contributed by atoms with van der Waals surface area (Å²) < 4.78 is 11.6. The Bertz CT molecular complexity index is 1150. The molecule has 0 fully saturated rings. The van der Waals surface area contributed by atoms with E-state index < -0.39 is 18.0 Å². The third-order valence-electron chi connectivity index (χ3n) is 6.37. The van der Waals surface area contributed by atoms with Crippen molar-refractivity contribution in [3.8, 4) is 11.5 Å². The lowest BCUT2D eigenvalue weighted by Gasteiger charge is -2.28. The minimum Gasteiger partial charge on any atom is -0.485 e. The molecule has 9 nitrogen and oxygen atoms in total. The molecule has 0 spiro atoms. The van der Waals surface area contributed by atoms with E-state index in [-0.39, 0.29) is 42.7 Å². The molecule has 1 amide bonds. The van der Waals surface area contributed by atoms with E-state index >= 15 is 0 Å². The van der Waals surface area contributed by atoms with Gasteiger partial charge >= 0.3 is 11.9 Å². The number of carbonyl (C=O) groups is 3. The van der Waals surface area contributed by atoms with Crippen LogP contribution in [-0.4, -0.2) is 53.4 Å². The van der Waals surface area contributed by atoms with E-state index in [1.165, 1.54) is 0 Å². The molecule has 1 aliphatic rings. The molecule has 3 rings (SSSR count). The molecule has 37 heavy (non-hydrogen) atoms. The van der Waals surface area contributed by atoms with Crippen LogP contribution in [0.4, 0.5) is 0 Å². The lowest BCUT2D eigenvalue weighted by atomic mass is 10.0. The van der Waals surface area contributed by atoms with Crippen LogP contribution in [0.2, 0.25) is 0 Å². The van der Waals surface area contributed by atoms with Gasteiger partial charge in [-0.25, -0.2) is 4.79 Å². The van der Waals surface area contributed by atoms with Crippen LogP contribution in [0.5, 0.6) is 11.5 Å². The Morgan fingerprint density at radius 1 is 1.16 bits per heavy atom. The van der Waals surface area contributed by atoms with Crippen LogP contribution in [0, 0.1) is 0 Å². The number of aromatic carboxylic acids is 1. The van der Waals surface area contributed by atoms with Crippen LogP contribution in [0.1, 0.15) is 65.0 Å². The second kappa shape index (κ2) is 12.9. The molecule has 0 saturated heterocycles. The first-order chi connectivity index (χ1) is 17.7. The van der Waals surface area contributed by atoms with Gasteiger partial charge in [-0.15, -0.1) is 0 Å². The van der Waals surface area contributed by atoms with Gasteiger partial charge in [-0.1, -0.05) is 31.7 Å². The number of rotatable bonds is 13. The van der Waals surface area contributed by atoms with Gasteiger partial charge in [0.15, 0.2) is 11.5 Å². The molecule has 1 aliphatic heterocycles. The summed E-state index contributed by atoms with van der Waals surface area (Å²) in [5, 5.41) is 22.0. The van der Waals surface area contributed by atoms with Gasteiger partial charge < -0.3 is 29.9 Å². The van der Waals surface area contributed by atoms with Crippen molar-refractivity contribution in [3.63, 3.8) is 0 Å². The summed E-state index contributed by atoms with van der Waals surface area (Å²) in [5.74, 6) is -1.75. The lowest BCUT2D eigenvalue weighted by Crippen LogP contribution is -3.09. The molecule has 4 N–H and O–H groups in total. The van der Waals surface area contributed by atoms with E-state index in [9.17, 15) is 19.5 Å². The van der Waals surface area contributed by atoms with Crippen molar-refractivity contribution in [2.45, 2.75) is 58.3 Å². The highest BCUT2D eigenvalue weighted by Gasteiger charge is 2.30. The quantitative estimate of drug-likeness (QED) is 0.305. The number of carbonyl (C=O) groups excluding carboxylic acids is 1. The number of nitrogens with one attached hydrogen (secondary N) is 2. The van der Waals surface area contributed by atoms with Crippen LogP contribution < -0.4 is 19.7 Å². The number of hydrogen-bond donors (Lipinski definition) is 4. The van der Waals surface area contributed by atoms with E-state index in [2.05, 4.69) is 11.9 Å². The lowest BCUT2D eigenvalue weighted by molar-refractivity contribution is -0.921. The molecule has 0 bridgehead atoms. The van der Waals surface area contributed by atoms with E-state index in [0.29, 0.717) is 36.5 Å². The summed E-state index contributed by atoms with van der Waals surface area (Å²) in [7, 11) is 0. The average molecular weight is 512 g/mol. The first-order valence-electron chi connectivity index (χ1n) is 12.5. The van der Waals surface area contributed by atoms with Crippen LogP contribution >= 0.6 is 0 Å². The van der Waals surface area contributed by atoms with Crippen molar-refractivity contribution in [2.75, 3.05) is 13.2 Å². The summed E-state index contributed by atoms with van der Waals surface area (Å²) in [6.45, 7) is 9.29. The fourth-order valence-electron chi connectivity index (χ4n) is 4.29. The zero-order chi connectivity index (χ0) is 26.9. The predicted octanol–water partition coefficient (Wildman–Crippen LogP) is 2.69. The van der Waals surface area contributed by atoms with Crippen molar-refractivity contribution in [3.05, 3.63) is 71.3 Å². The largest absolute Gasteiger partial charge is 0.485 e. The molecule has 2 aromatic carbocycles. The minimum absolute atomic E-state index is 0.0264. The first kappa shape index (κ1) is 27.7. The number of carboxylic acids is 2. The van der Waals surface area contributed by atoms with Crippen molar-refractivity contribution in [2.24, 2.45) is 0 Å². The molecule has 198 valence electrons. The number of benzene rings is 2. The summed E-state index contributed by atoms with van der Waals surface area (Å²) in [6.07, 6.45) is 2.33. The Morgan fingerprint density at radius 3 is 2.57 bits per heavy atom. The van der Waals surface area contributed by atoms with Gasteiger partial charge in [0, 0.05) is 29.2 Å². The first-order valence-corrected chi connectivity index (χ1v) is 12.5. The smallest absolute Gasteiger partial charge is 0.340 e. The van der Waals surface area contributed by atoms with E-state index in [4.69, 9.17) is 14.6 Å². The molecule has 3 atom stereocenters. The topological polar surface area (TPSA) is 127 Å². The highest BCUT2D eigenvalue weighted by molar-refractivity contribution is 5.96. The van der Waals surface area contributed by atoms with Gasteiger partial charge in [-0.05, 0) is 44.0 Å². The maximum absolute atomic E-state index is 12.9. The molecular weight excluding hydrogens is 476 g/mol. The normalized spacial score (nSPS) is 15.9. The van der Waals surface area contributed by atoms with Crippen LogP contribution in [0.25, 0.3) is 0 Å². The standard InChI is InChI=1S/C28H34N2O7/c1-4-14-30(15-19-8-6-7-9-22(19)27(33)29-18(3)5-2)16-20-10-12-23-26(25(20)28(34)35)36-17-21(37-23)11-13-24(31)32/h4,6-10,12,18,21H,1,5,11,13-17H2,2-3H3,(H,29,33)(H,31,32)(H,34,35)/p+1/t18-,21+/m1/s1. The maximum Gasteiger partial charge on any atom is 0.340 e. The molecule has 9 heteroatoms. The number of quaternary nitrogens is 1. The Morgan fingerprint density at radius 2 is 1.89 bits per heavy atom. The van der Waals surface area contributed by atoms with Gasteiger partial charge in [0.2, 0.25) is 0 Å². The van der Waals surface area contributed by atoms with Gasteiger partial charge in [-0.3, -0.25) is 9.59 Å². The fourth-order valence-corrected chi connectivity index (χ4v) is 4.29. The summed E-state index contributed by atoms with van der Waals surface area (Å²) in [5.41, 5.74) is 2.05. The van der Waals surface area contributed by atoms with Crippen molar-refractivity contribution < 1.29 is 39.0 Å². The van der Waals surface area contributed by atoms with Gasteiger partial charge in [0.05, 0.1) is 6.54 Å². The Balaban J connectivity index is 1.84. The van der Waals surface area contributed by atoms with Gasteiger partial charge in [-0.2, -0.15) is 0 Å². The molecule has 1 unspecified atom stereocenters. The van der Waals surface area contributed by atoms with E-state index in [0.717, 1.165) is 16.9 Å². The zero-order valence-corrected chi connectivity index (χ0v) is 21.3. The number of ether oxygens (including phenoxy) is 2. The fraction of sp³-hybridized carbons (Fsp3) is 0.393. The molecule has 0 aliphatic carbocycles. The Hall–Kier alpha value is -3.85. The molecule has 2 aromatic rings. The van der Waals surface area contributed by atoms with E-state index in [1.54, 1.807) is 24.3 Å². The summed E-state index contributed by atoms with van der Waals surface area (Å²) >= 11 is 0. The molecular formula is C28H35N2O7+. The maximum atomic E-state index is 12.9. The summed E-state index contributed by atoms with van der Waals surface area (Å²) in [6, 6.07) is 10.8. The number of carboxylic acid groups (broad SMARTS) is 2. The summed E-state index contributed by atoms with van der Waals surface area (Å²) in [4.78, 5) is 37.0. The SMILES string of the molecule is C=CC[NH+](Cc1ccccc1C(=O)N[C@H](C)CC)Cc1ccc2c(c1C(=O)O)OC[C@H](CCC(=O)O)O2. The number of fused-ring (bicyclic) bond motifs is 1. The van der Waals surface area contributed by atoms with Crippen LogP contribution in [0.3, 0.4) is 0 Å². The number of aliphatic carboxylic acids is 1. The number of hydrogen-bond acceptors (Lipinski definition) is 5. The molecule has 1 heterocycles. The van der Waals surface area contributed by atoms with Gasteiger partial charge in [0.1, 0.15) is 31.4 Å². The predicted molar refractivity (Wildman–Crippen MR) is 137 cm³/mol. The third-order valence-corrected chi connectivity index (χ3v) is 6.37. The zero-order valence-electron chi connectivity index (χ0n) is 21.3. The van der Waals surface area contributed by atoms with E-state index in [1.807, 2.05) is 32.0 Å². The Kier molecular flexibility index (Phi) is 9.68. The monoisotopic (exact) mass is 511 g/mol. The number of amides is 1.